The molecule has 1 aliphatic rings. The summed E-state index contributed by atoms with van der Waals surface area (Å²) < 4.78 is 19.2. The van der Waals surface area contributed by atoms with Crippen LogP contribution in [0.5, 0.6) is 0 Å². The highest BCUT2D eigenvalue weighted by Gasteiger charge is 2.37. The molecular formula is C28H23FN2O3. The van der Waals surface area contributed by atoms with Gasteiger partial charge in [0.25, 0.3) is 0 Å². The van der Waals surface area contributed by atoms with Crippen molar-refractivity contribution in [2.45, 2.75) is 32.4 Å². The van der Waals surface area contributed by atoms with E-state index in [0.717, 1.165) is 11.1 Å². The lowest BCUT2D eigenvalue weighted by molar-refractivity contribution is -0.141. The van der Waals surface area contributed by atoms with E-state index >= 15 is 0 Å². The molecule has 0 spiro atoms. The number of benzene rings is 3. The number of carbonyl (C=O) groups excluding carboxylic acids is 2. The molecule has 0 aromatic heterocycles. The standard InChI is InChI=1S/C28H23FN2O3/c1-19-27(28(33)34-18-20-6-3-2-4-7-20)25(23-10-12-24(29)13-11-23)15-26(32)31(19)17-22-9-5-8-21(14-22)16-30/h2-14,25H,15,17-18H2,1H3. The normalized spacial score (nSPS) is 15.7. The van der Waals surface area contributed by atoms with Gasteiger partial charge in [-0.05, 0) is 47.9 Å². The SMILES string of the molecule is CC1=C(C(=O)OCc2ccccc2)C(c2ccc(F)cc2)CC(=O)N1Cc1cccc(C#N)c1. The fourth-order valence-electron chi connectivity index (χ4n) is 4.17. The summed E-state index contributed by atoms with van der Waals surface area (Å²) in [6, 6.07) is 24.3. The molecule has 3 aromatic rings. The van der Waals surface area contributed by atoms with Crippen LogP contribution in [0.2, 0.25) is 0 Å². The highest BCUT2D eigenvalue weighted by atomic mass is 19.1. The lowest BCUT2D eigenvalue weighted by Crippen LogP contribution is -2.38. The smallest absolute Gasteiger partial charge is 0.336 e. The molecule has 1 heterocycles. The van der Waals surface area contributed by atoms with Crippen molar-refractivity contribution in [2.24, 2.45) is 0 Å². The zero-order valence-electron chi connectivity index (χ0n) is 18.7. The Morgan fingerprint density at radius 1 is 1.06 bits per heavy atom. The number of nitrogens with zero attached hydrogens (tertiary/aromatic N) is 2. The van der Waals surface area contributed by atoms with Crippen LogP contribution in [0.1, 0.15) is 41.5 Å². The van der Waals surface area contributed by atoms with Gasteiger partial charge in [0.1, 0.15) is 12.4 Å². The van der Waals surface area contributed by atoms with Crippen LogP contribution >= 0.6 is 0 Å². The molecule has 0 fully saturated rings. The zero-order chi connectivity index (χ0) is 24.1. The molecule has 1 unspecified atom stereocenters. The van der Waals surface area contributed by atoms with Crippen LogP contribution in [0.3, 0.4) is 0 Å². The molecule has 1 aliphatic heterocycles. The van der Waals surface area contributed by atoms with Gasteiger partial charge in [-0.25, -0.2) is 9.18 Å². The number of hydrogen-bond acceptors (Lipinski definition) is 4. The Morgan fingerprint density at radius 3 is 2.47 bits per heavy atom. The van der Waals surface area contributed by atoms with Gasteiger partial charge in [-0.1, -0.05) is 54.6 Å². The highest BCUT2D eigenvalue weighted by molar-refractivity contribution is 5.95. The molecule has 1 atom stereocenters. The third-order valence-electron chi connectivity index (χ3n) is 5.92. The number of rotatable bonds is 6. The molecule has 0 bridgehead atoms. The third kappa shape index (κ3) is 5.05. The van der Waals surface area contributed by atoms with Gasteiger partial charge < -0.3 is 9.64 Å². The molecule has 5 nitrogen and oxygen atoms in total. The van der Waals surface area contributed by atoms with Crippen molar-refractivity contribution in [3.8, 4) is 6.07 Å². The van der Waals surface area contributed by atoms with E-state index in [1.807, 2.05) is 36.4 Å². The van der Waals surface area contributed by atoms with Crippen LogP contribution in [0.4, 0.5) is 4.39 Å². The Labute approximate surface area is 197 Å². The number of ether oxygens (including phenoxy) is 1. The molecule has 3 aromatic carbocycles. The lowest BCUT2D eigenvalue weighted by Gasteiger charge is -2.34. The van der Waals surface area contributed by atoms with Gasteiger partial charge in [0.15, 0.2) is 0 Å². The van der Waals surface area contributed by atoms with Crippen molar-refractivity contribution in [2.75, 3.05) is 0 Å². The van der Waals surface area contributed by atoms with Crippen molar-refractivity contribution in [3.63, 3.8) is 0 Å². The number of hydrogen-bond donors (Lipinski definition) is 0. The van der Waals surface area contributed by atoms with Gasteiger partial charge in [-0.3, -0.25) is 4.79 Å². The number of carbonyl (C=O) groups is 2. The Bertz CT molecular complexity index is 1280. The van der Waals surface area contributed by atoms with E-state index in [0.29, 0.717) is 22.4 Å². The molecular weight excluding hydrogens is 431 g/mol. The Kier molecular flexibility index (Phi) is 6.84. The van der Waals surface area contributed by atoms with Crippen LogP contribution in [0, 0.1) is 17.1 Å². The summed E-state index contributed by atoms with van der Waals surface area (Å²) in [5.41, 5.74) is 3.67. The van der Waals surface area contributed by atoms with Gasteiger partial charge in [0.05, 0.1) is 23.8 Å². The van der Waals surface area contributed by atoms with E-state index in [1.54, 1.807) is 42.2 Å². The number of esters is 1. The van der Waals surface area contributed by atoms with Crippen molar-refractivity contribution in [3.05, 3.63) is 118 Å². The van der Waals surface area contributed by atoms with E-state index in [4.69, 9.17) is 4.74 Å². The average molecular weight is 455 g/mol. The molecule has 0 saturated heterocycles. The summed E-state index contributed by atoms with van der Waals surface area (Å²) in [5.74, 6) is -1.61. The second kappa shape index (κ2) is 10.1. The monoisotopic (exact) mass is 454 g/mol. The van der Waals surface area contributed by atoms with Crippen LogP contribution < -0.4 is 0 Å². The molecule has 1 amide bonds. The summed E-state index contributed by atoms with van der Waals surface area (Å²) in [4.78, 5) is 28.0. The highest BCUT2D eigenvalue weighted by Crippen LogP contribution is 2.38. The van der Waals surface area contributed by atoms with Gasteiger partial charge in [-0.15, -0.1) is 0 Å². The maximum Gasteiger partial charge on any atom is 0.336 e. The molecule has 6 heteroatoms. The third-order valence-corrected chi connectivity index (χ3v) is 5.92. The van der Waals surface area contributed by atoms with E-state index in [9.17, 15) is 19.2 Å². The number of amides is 1. The first kappa shape index (κ1) is 22.9. The summed E-state index contributed by atoms with van der Waals surface area (Å²) >= 11 is 0. The molecule has 0 aliphatic carbocycles. The predicted octanol–water partition coefficient (Wildman–Crippen LogP) is 5.23. The fraction of sp³-hybridized carbons (Fsp3) is 0.179. The van der Waals surface area contributed by atoms with Gasteiger partial charge in [0.2, 0.25) is 5.91 Å². The average Bonchev–Trinajstić information content (AvgIpc) is 2.86. The lowest BCUT2D eigenvalue weighted by atomic mass is 9.83. The van der Waals surface area contributed by atoms with Crippen molar-refractivity contribution in [1.82, 2.24) is 4.90 Å². The number of nitriles is 1. The first-order chi connectivity index (χ1) is 16.5. The van der Waals surface area contributed by atoms with E-state index in [-0.39, 0.29) is 25.5 Å². The van der Waals surface area contributed by atoms with Crippen molar-refractivity contribution in [1.29, 1.82) is 5.26 Å². The van der Waals surface area contributed by atoms with Crippen LogP contribution in [-0.2, 0) is 27.5 Å². The Morgan fingerprint density at radius 2 is 1.76 bits per heavy atom. The summed E-state index contributed by atoms with van der Waals surface area (Å²) in [5, 5.41) is 9.19. The Hall–Kier alpha value is -4.24. The zero-order valence-corrected chi connectivity index (χ0v) is 18.7. The fourth-order valence-corrected chi connectivity index (χ4v) is 4.17. The van der Waals surface area contributed by atoms with Gasteiger partial charge >= 0.3 is 5.97 Å². The quantitative estimate of drug-likeness (QED) is 0.478. The van der Waals surface area contributed by atoms with Crippen molar-refractivity contribution < 1.29 is 18.7 Å². The van der Waals surface area contributed by atoms with Crippen LogP contribution in [0.25, 0.3) is 0 Å². The van der Waals surface area contributed by atoms with Gasteiger partial charge in [0, 0.05) is 18.0 Å². The van der Waals surface area contributed by atoms with Gasteiger partial charge in [-0.2, -0.15) is 5.26 Å². The minimum absolute atomic E-state index is 0.0523. The largest absolute Gasteiger partial charge is 0.457 e. The summed E-state index contributed by atoms with van der Waals surface area (Å²) in [6.45, 7) is 2.05. The van der Waals surface area contributed by atoms with Crippen molar-refractivity contribution >= 4 is 11.9 Å². The molecule has 4 rings (SSSR count). The summed E-state index contributed by atoms with van der Waals surface area (Å²) in [6.07, 6.45) is 0.0523. The van der Waals surface area contributed by atoms with E-state index < -0.39 is 17.7 Å². The number of allylic oxidation sites excluding steroid dienone is 1. The molecule has 34 heavy (non-hydrogen) atoms. The minimum atomic E-state index is -0.543. The molecule has 0 radical (unpaired) electrons. The first-order valence-electron chi connectivity index (χ1n) is 10.9. The van der Waals surface area contributed by atoms with Crippen LogP contribution in [-0.4, -0.2) is 16.8 Å². The predicted molar refractivity (Wildman–Crippen MR) is 124 cm³/mol. The second-order valence-electron chi connectivity index (χ2n) is 8.16. The Balaban J connectivity index is 1.68. The molecule has 0 N–H and O–H groups in total. The maximum absolute atomic E-state index is 13.5. The minimum Gasteiger partial charge on any atom is -0.457 e. The van der Waals surface area contributed by atoms with E-state index in [1.165, 1.54) is 12.1 Å². The molecule has 170 valence electrons. The summed E-state index contributed by atoms with van der Waals surface area (Å²) in [7, 11) is 0. The van der Waals surface area contributed by atoms with Crippen LogP contribution in [0.15, 0.2) is 90.1 Å². The maximum atomic E-state index is 13.5. The molecule has 0 saturated carbocycles. The topological polar surface area (TPSA) is 70.4 Å². The van der Waals surface area contributed by atoms with E-state index in [2.05, 4.69) is 6.07 Å². The first-order valence-corrected chi connectivity index (χ1v) is 10.9. The second-order valence-corrected chi connectivity index (χ2v) is 8.16. The number of halogens is 1.